The fraction of sp³-hybridized carbons (Fsp3) is 0. The first-order valence-electron chi connectivity index (χ1n) is 9.38. The molecule has 0 fully saturated rings. The fourth-order valence-electron chi connectivity index (χ4n) is 4.11. The van der Waals surface area contributed by atoms with Crippen LogP contribution in [0.2, 0.25) is 0 Å². The average molecular weight is 557 g/mol. The van der Waals surface area contributed by atoms with Crippen LogP contribution in [0, 0.1) is 0 Å². The zero-order valence-corrected chi connectivity index (χ0v) is 18.6. The van der Waals surface area contributed by atoms with Gasteiger partial charge in [0, 0.05) is 0 Å². The van der Waals surface area contributed by atoms with Gasteiger partial charge in [0.05, 0.1) is 0 Å². The predicted molar refractivity (Wildman–Crippen MR) is 120 cm³/mol. The topological polar surface area (TPSA) is 47.4 Å². The van der Waals surface area contributed by atoms with E-state index >= 15 is 0 Å². The summed E-state index contributed by atoms with van der Waals surface area (Å²) >= 11 is -2.56. The predicted octanol–water partition coefficient (Wildman–Crippen LogP) is 3.65. The van der Waals surface area contributed by atoms with E-state index < -0.39 is 21.8 Å². The minimum absolute atomic E-state index is 1.22. The van der Waals surface area contributed by atoms with Crippen LogP contribution < -0.4 is 9.81 Å². The number of para-hydroxylation sites is 3. The summed E-state index contributed by atoms with van der Waals surface area (Å²) in [7, 11) is 0. The standard InChI is InChI=1S/3C8H6N.Bi/c3*1-2-4-8-7(3-1)5-6-9-8;/h3*1-4,6,9H;. The molecule has 0 radical (unpaired) electrons. The van der Waals surface area contributed by atoms with Crippen LogP contribution in [-0.4, -0.2) is 36.7 Å². The summed E-state index contributed by atoms with van der Waals surface area (Å²) in [6, 6.07) is 26.0. The first-order chi connectivity index (χ1) is 13.9. The molecule has 0 aliphatic heterocycles. The quantitative estimate of drug-likeness (QED) is 0.279. The van der Waals surface area contributed by atoms with E-state index in [0.29, 0.717) is 0 Å². The van der Waals surface area contributed by atoms with Gasteiger partial charge in [0.2, 0.25) is 0 Å². The minimum atomic E-state index is -2.56. The molecule has 3 N–H and O–H groups in total. The van der Waals surface area contributed by atoms with Gasteiger partial charge >= 0.3 is 171 Å². The second-order valence-corrected chi connectivity index (χ2v) is 15.2. The number of hydrogen-bond donors (Lipinski definition) is 3. The number of aromatic nitrogens is 3. The van der Waals surface area contributed by atoms with Crippen LogP contribution >= 0.6 is 0 Å². The molecule has 0 saturated carbocycles. The summed E-state index contributed by atoms with van der Waals surface area (Å²) in [5, 5.41) is 4.07. The van der Waals surface area contributed by atoms with Crippen LogP contribution in [0.15, 0.2) is 91.4 Å². The molecule has 0 saturated heterocycles. The van der Waals surface area contributed by atoms with Crippen molar-refractivity contribution in [1.29, 1.82) is 0 Å². The Balaban J connectivity index is 1.69. The van der Waals surface area contributed by atoms with Crippen LogP contribution in [0.3, 0.4) is 0 Å². The van der Waals surface area contributed by atoms with E-state index in [4.69, 9.17) is 0 Å². The normalized spacial score (nSPS) is 11.9. The number of nitrogens with one attached hydrogen (secondary N) is 3. The zero-order chi connectivity index (χ0) is 18.5. The summed E-state index contributed by atoms with van der Waals surface area (Å²) < 4.78 is 4.50. The van der Waals surface area contributed by atoms with Gasteiger partial charge in [-0.05, 0) is 0 Å². The summed E-state index contributed by atoms with van der Waals surface area (Å²) in [5.74, 6) is 0. The summed E-state index contributed by atoms with van der Waals surface area (Å²) in [5.41, 5.74) is 3.66. The Bertz CT molecular complexity index is 1260. The second-order valence-electron chi connectivity index (χ2n) is 6.99. The number of H-pyrrole nitrogens is 3. The fourth-order valence-corrected chi connectivity index (χ4v) is 14.5. The van der Waals surface area contributed by atoms with Gasteiger partial charge in [0.25, 0.3) is 0 Å². The third kappa shape index (κ3) is 2.38. The molecule has 0 unspecified atom stereocenters. The van der Waals surface area contributed by atoms with Crippen LogP contribution in [0.4, 0.5) is 0 Å². The Hall–Kier alpha value is -2.84. The summed E-state index contributed by atoms with van der Waals surface area (Å²) in [6.45, 7) is 0. The van der Waals surface area contributed by atoms with E-state index in [1.807, 2.05) is 0 Å². The van der Waals surface area contributed by atoms with E-state index in [1.165, 1.54) is 42.5 Å². The maximum absolute atomic E-state index is 3.52. The molecule has 0 spiro atoms. The average Bonchev–Trinajstić information content (AvgIpc) is 3.47. The van der Waals surface area contributed by atoms with Crippen molar-refractivity contribution in [2.24, 2.45) is 0 Å². The SMILES string of the molecule is c1ccc2[c]([Bi]([c]3c[nH]c4ccccc34)[c]3c[nH]c4ccccc34)c[nH]c2c1. The molecule has 28 heavy (non-hydrogen) atoms. The van der Waals surface area contributed by atoms with E-state index in [0.717, 1.165) is 0 Å². The van der Waals surface area contributed by atoms with Crippen LogP contribution in [0.5, 0.6) is 0 Å². The maximum atomic E-state index is 3.52. The second kappa shape index (κ2) is 6.36. The van der Waals surface area contributed by atoms with Crippen molar-refractivity contribution in [1.82, 2.24) is 15.0 Å². The van der Waals surface area contributed by atoms with Crippen molar-refractivity contribution in [3.63, 3.8) is 0 Å². The van der Waals surface area contributed by atoms with Crippen molar-refractivity contribution < 1.29 is 0 Å². The number of benzene rings is 3. The van der Waals surface area contributed by atoms with Crippen LogP contribution in [-0.2, 0) is 0 Å². The molecule has 6 rings (SSSR count). The molecular formula is C24H18BiN3. The van der Waals surface area contributed by atoms with Crippen LogP contribution in [0.25, 0.3) is 32.7 Å². The van der Waals surface area contributed by atoms with Crippen molar-refractivity contribution in [2.45, 2.75) is 0 Å². The molecule has 0 aliphatic carbocycles. The summed E-state index contributed by atoms with van der Waals surface area (Å²) in [6.07, 6.45) is 6.77. The Morgan fingerprint density at radius 2 is 0.750 bits per heavy atom. The van der Waals surface area contributed by atoms with Gasteiger partial charge in [-0.2, -0.15) is 0 Å². The molecule has 0 amide bonds. The van der Waals surface area contributed by atoms with Crippen molar-refractivity contribution in [3.8, 4) is 0 Å². The first kappa shape index (κ1) is 16.1. The van der Waals surface area contributed by atoms with Gasteiger partial charge < -0.3 is 0 Å². The molecule has 4 heteroatoms. The van der Waals surface area contributed by atoms with Crippen molar-refractivity contribution in [2.75, 3.05) is 0 Å². The molecule has 3 aromatic carbocycles. The van der Waals surface area contributed by atoms with E-state index in [1.54, 1.807) is 0 Å². The van der Waals surface area contributed by atoms with Gasteiger partial charge in [0.15, 0.2) is 0 Å². The first-order valence-corrected chi connectivity index (χ1v) is 14.6. The number of aromatic amines is 3. The molecule has 0 aliphatic rings. The van der Waals surface area contributed by atoms with Crippen molar-refractivity contribution in [3.05, 3.63) is 91.4 Å². The Kier molecular flexibility index (Phi) is 3.67. The number of fused-ring (bicyclic) bond motifs is 3. The van der Waals surface area contributed by atoms with Gasteiger partial charge in [-0.1, -0.05) is 0 Å². The Morgan fingerprint density at radius 3 is 1.11 bits per heavy atom. The molecule has 6 aromatic rings. The molecule has 3 nitrogen and oxygen atoms in total. The zero-order valence-electron chi connectivity index (χ0n) is 15.1. The molecule has 3 heterocycles. The van der Waals surface area contributed by atoms with Gasteiger partial charge in [-0.15, -0.1) is 0 Å². The Morgan fingerprint density at radius 1 is 0.429 bits per heavy atom. The molecule has 134 valence electrons. The van der Waals surface area contributed by atoms with Gasteiger partial charge in [-0.25, -0.2) is 0 Å². The third-order valence-electron chi connectivity index (χ3n) is 5.42. The molecule has 3 aromatic heterocycles. The van der Waals surface area contributed by atoms with E-state index in [2.05, 4.69) is 106 Å². The van der Waals surface area contributed by atoms with E-state index in [9.17, 15) is 0 Å². The monoisotopic (exact) mass is 557 g/mol. The number of rotatable bonds is 3. The van der Waals surface area contributed by atoms with E-state index in [-0.39, 0.29) is 0 Å². The summed E-state index contributed by atoms with van der Waals surface area (Å²) in [4.78, 5) is 10.6. The Labute approximate surface area is 170 Å². The molecular weight excluding hydrogens is 539 g/mol. The third-order valence-corrected chi connectivity index (χ3v) is 15.4. The van der Waals surface area contributed by atoms with Gasteiger partial charge in [0.1, 0.15) is 0 Å². The van der Waals surface area contributed by atoms with Gasteiger partial charge in [-0.3, -0.25) is 0 Å². The van der Waals surface area contributed by atoms with Crippen molar-refractivity contribution >= 4 is 64.3 Å². The van der Waals surface area contributed by atoms with Crippen LogP contribution in [0.1, 0.15) is 0 Å². The number of hydrogen-bond acceptors (Lipinski definition) is 0. The molecule has 0 atom stereocenters. The molecule has 0 bridgehead atoms.